The van der Waals surface area contributed by atoms with Gasteiger partial charge in [-0.1, -0.05) is 46.0 Å². The number of imide groups is 1. The molecule has 0 aromatic heterocycles. The van der Waals surface area contributed by atoms with Gasteiger partial charge in [-0.2, -0.15) is 0 Å². The number of hydrogen-bond acceptors (Lipinski definition) is 6. The lowest BCUT2D eigenvalue weighted by Crippen LogP contribution is -2.52. The zero-order valence-corrected chi connectivity index (χ0v) is 20.8. The molecule has 0 bridgehead atoms. The Morgan fingerprint density at radius 2 is 1.67 bits per heavy atom. The first-order chi connectivity index (χ1) is 15.6. The fourth-order valence-corrected chi connectivity index (χ4v) is 4.79. The molecule has 0 spiro atoms. The van der Waals surface area contributed by atoms with Crippen molar-refractivity contribution in [3.63, 3.8) is 0 Å². The summed E-state index contributed by atoms with van der Waals surface area (Å²) in [6.45, 7) is 9.39. The fraction of sp³-hybridized carbons (Fsp3) is 0.731. The van der Waals surface area contributed by atoms with Gasteiger partial charge >= 0.3 is 6.09 Å². The van der Waals surface area contributed by atoms with E-state index < -0.39 is 35.7 Å². The summed E-state index contributed by atoms with van der Waals surface area (Å²) in [5.74, 6) is -0.933. The standard InChI is InChI=1S/C26H41NO6/c1-18(2)23-26(4,5)33-25(31)27(23)24(30)19(3)22-21(29)16-15-20(32-22)14-12-10-8-6-7-9-11-13-17-28/h14-16,18-19,22-23,28H,6-13,17H2,1-5H3/t19-,22-,23-/m1/s1. The van der Waals surface area contributed by atoms with Crippen molar-refractivity contribution < 1.29 is 29.0 Å². The van der Waals surface area contributed by atoms with Crippen molar-refractivity contribution in [1.82, 2.24) is 4.90 Å². The van der Waals surface area contributed by atoms with Crippen LogP contribution in [0, 0.1) is 11.8 Å². The number of hydrogen-bond donors (Lipinski definition) is 1. The molecule has 7 nitrogen and oxygen atoms in total. The Kier molecular flexibility index (Phi) is 10.1. The van der Waals surface area contributed by atoms with Crippen LogP contribution in [0.2, 0.25) is 0 Å². The summed E-state index contributed by atoms with van der Waals surface area (Å²) in [4.78, 5) is 39.5. The van der Waals surface area contributed by atoms with Gasteiger partial charge in [-0.05, 0) is 64.2 Å². The van der Waals surface area contributed by atoms with E-state index in [0.29, 0.717) is 5.76 Å². The SMILES string of the molecule is CC(C)[C@H]1N(C(=O)[C@H](C)[C@H]2OC(=CCCCCCCCCCO)C=CC2=O)C(=O)OC1(C)C. The second-order valence-corrected chi connectivity index (χ2v) is 10.0. The van der Waals surface area contributed by atoms with Crippen LogP contribution in [0.4, 0.5) is 4.79 Å². The van der Waals surface area contributed by atoms with E-state index in [1.807, 2.05) is 19.9 Å². The lowest BCUT2D eigenvalue weighted by Gasteiger charge is -2.33. The molecule has 33 heavy (non-hydrogen) atoms. The fourth-order valence-electron chi connectivity index (χ4n) is 4.79. The minimum absolute atomic E-state index is 0.00982. The molecule has 186 valence electrons. The van der Waals surface area contributed by atoms with E-state index in [9.17, 15) is 14.4 Å². The summed E-state index contributed by atoms with van der Waals surface area (Å²) in [6, 6.07) is -0.409. The average molecular weight is 464 g/mol. The summed E-state index contributed by atoms with van der Waals surface area (Å²) < 4.78 is 11.4. The lowest BCUT2D eigenvalue weighted by molar-refractivity contribution is -0.143. The minimum atomic E-state index is -0.954. The van der Waals surface area contributed by atoms with E-state index in [4.69, 9.17) is 14.6 Å². The number of carbonyl (C=O) groups is 3. The number of ketones is 1. The molecule has 1 N–H and O–H groups in total. The van der Waals surface area contributed by atoms with Gasteiger partial charge in [-0.15, -0.1) is 0 Å². The van der Waals surface area contributed by atoms with Crippen LogP contribution in [-0.4, -0.2) is 52.1 Å². The van der Waals surface area contributed by atoms with Gasteiger partial charge < -0.3 is 14.6 Å². The molecule has 0 aromatic carbocycles. The highest BCUT2D eigenvalue weighted by atomic mass is 16.6. The van der Waals surface area contributed by atoms with Crippen molar-refractivity contribution in [1.29, 1.82) is 0 Å². The molecule has 2 aliphatic heterocycles. The lowest BCUT2D eigenvalue weighted by atomic mass is 9.87. The topological polar surface area (TPSA) is 93.1 Å². The first-order valence-corrected chi connectivity index (χ1v) is 12.4. The molecule has 2 rings (SSSR count). The van der Waals surface area contributed by atoms with Gasteiger partial charge in [0.15, 0.2) is 11.9 Å². The Labute approximate surface area is 198 Å². The van der Waals surface area contributed by atoms with Gasteiger partial charge in [0, 0.05) is 6.61 Å². The molecule has 0 saturated carbocycles. The molecular weight excluding hydrogens is 422 g/mol. The third kappa shape index (κ3) is 7.16. The molecule has 1 fully saturated rings. The number of aliphatic hydroxyl groups excluding tert-OH is 1. The van der Waals surface area contributed by atoms with E-state index in [2.05, 4.69) is 0 Å². The Hall–Kier alpha value is -2.15. The number of unbranched alkanes of at least 4 members (excludes halogenated alkanes) is 7. The van der Waals surface area contributed by atoms with Gasteiger partial charge in [-0.25, -0.2) is 9.69 Å². The monoisotopic (exact) mass is 463 g/mol. The quantitative estimate of drug-likeness (QED) is 0.413. The van der Waals surface area contributed by atoms with E-state index in [1.165, 1.54) is 17.4 Å². The van der Waals surface area contributed by atoms with Crippen molar-refractivity contribution >= 4 is 17.8 Å². The average Bonchev–Trinajstić information content (AvgIpc) is 3.00. The number of nitrogens with zero attached hydrogens (tertiary/aromatic N) is 1. The highest BCUT2D eigenvalue weighted by Gasteiger charge is 2.53. The second kappa shape index (κ2) is 12.4. The molecular formula is C26H41NO6. The van der Waals surface area contributed by atoms with E-state index >= 15 is 0 Å². The summed E-state index contributed by atoms with van der Waals surface area (Å²) in [5, 5.41) is 8.80. The van der Waals surface area contributed by atoms with Crippen LogP contribution in [0.15, 0.2) is 24.0 Å². The number of aliphatic hydroxyl groups is 1. The first kappa shape index (κ1) is 27.1. The number of ether oxygens (including phenoxy) is 2. The summed E-state index contributed by atoms with van der Waals surface area (Å²) in [6.07, 6.45) is 11.9. The molecule has 2 aliphatic rings. The van der Waals surface area contributed by atoms with Gasteiger partial charge in [0.2, 0.25) is 5.91 Å². The van der Waals surface area contributed by atoms with Crippen LogP contribution in [0.25, 0.3) is 0 Å². The Morgan fingerprint density at radius 1 is 1.06 bits per heavy atom. The maximum absolute atomic E-state index is 13.3. The number of cyclic esters (lactones) is 1. The largest absolute Gasteiger partial charge is 0.482 e. The van der Waals surface area contributed by atoms with Crippen molar-refractivity contribution in [2.45, 2.75) is 104 Å². The molecule has 0 radical (unpaired) electrons. The highest BCUT2D eigenvalue weighted by molar-refractivity contribution is 6.02. The Bertz CT molecular complexity index is 754. The van der Waals surface area contributed by atoms with Crippen molar-refractivity contribution in [2.75, 3.05) is 6.61 Å². The molecule has 2 heterocycles. The van der Waals surface area contributed by atoms with Crippen molar-refractivity contribution in [2.24, 2.45) is 11.8 Å². The molecule has 3 atom stereocenters. The van der Waals surface area contributed by atoms with Crippen LogP contribution in [0.1, 0.15) is 86.0 Å². The Balaban J connectivity index is 1.92. The van der Waals surface area contributed by atoms with Crippen LogP contribution < -0.4 is 0 Å². The third-order valence-corrected chi connectivity index (χ3v) is 6.41. The maximum atomic E-state index is 13.3. The molecule has 7 heteroatoms. The maximum Gasteiger partial charge on any atom is 0.417 e. The first-order valence-electron chi connectivity index (χ1n) is 12.4. The van der Waals surface area contributed by atoms with Crippen LogP contribution in [0.3, 0.4) is 0 Å². The summed E-state index contributed by atoms with van der Waals surface area (Å²) in [7, 11) is 0. The Morgan fingerprint density at radius 3 is 2.27 bits per heavy atom. The van der Waals surface area contributed by atoms with E-state index in [1.54, 1.807) is 26.8 Å². The van der Waals surface area contributed by atoms with Crippen molar-refractivity contribution in [3.8, 4) is 0 Å². The van der Waals surface area contributed by atoms with E-state index in [-0.39, 0.29) is 18.3 Å². The van der Waals surface area contributed by atoms with Gasteiger partial charge in [-0.3, -0.25) is 9.59 Å². The number of allylic oxidation sites excluding steroid dienone is 2. The molecule has 0 unspecified atom stereocenters. The van der Waals surface area contributed by atoms with Crippen molar-refractivity contribution in [3.05, 3.63) is 24.0 Å². The van der Waals surface area contributed by atoms with Gasteiger partial charge in [0.05, 0.1) is 12.0 Å². The predicted molar refractivity (Wildman–Crippen MR) is 126 cm³/mol. The smallest absolute Gasteiger partial charge is 0.417 e. The van der Waals surface area contributed by atoms with Gasteiger partial charge in [0.25, 0.3) is 0 Å². The second-order valence-electron chi connectivity index (χ2n) is 10.0. The normalized spacial score (nSPS) is 24.3. The van der Waals surface area contributed by atoms with Crippen LogP contribution >= 0.6 is 0 Å². The molecule has 1 saturated heterocycles. The van der Waals surface area contributed by atoms with Crippen LogP contribution in [-0.2, 0) is 19.1 Å². The minimum Gasteiger partial charge on any atom is -0.482 e. The van der Waals surface area contributed by atoms with Crippen LogP contribution in [0.5, 0.6) is 0 Å². The van der Waals surface area contributed by atoms with E-state index in [0.717, 1.165) is 44.9 Å². The summed E-state index contributed by atoms with van der Waals surface area (Å²) in [5.41, 5.74) is -0.790. The summed E-state index contributed by atoms with van der Waals surface area (Å²) >= 11 is 0. The molecule has 2 amide bonds. The van der Waals surface area contributed by atoms with Gasteiger partial charge in [0.1, 0.15) is 11.4 Å². The number of rotatable bonds is 12. The number of carbonyl (C=O) groups excluding carboxylic acids is 3. The molecule has 0 aliphatic carbocycles. The molecule has 0 aromatic rings. The number of amides is 2. The third-order valence-electron chi connectivity index (χ3n) is 6.41. The predicted octanol–water partition coefficient (Wildman–Crippen LogP) is 4.93. The zero-order chi connectivity index (χ0) is 24.6. The zero-order valence-electron chi connectivity index (χ0n) is 20.8. The highest BCUT2D eigenvalue weighted by Crippen LogP contribution is 2.36.